The summed E-state index contributed by atoms with van der Waals surface area (Å²) in [5, 5.41) is 17.9. The van der Waals surface area contributed by atoms with E-state index >= 15 is 0 Å². The SMILES string of the molecule is Cc1ccc(O)c(CNCc2ccc(S(N)(=O)=O)cc2)n1. The van der Waals surface area contributed by atoms with E-state index < -0.39 is 10.0 Å². The number of hydrogen-bond donors (Lipinski definition) is 3. The van der Waals surface area contributed by atoms with Crippen molar-refractivity contribution in [3.8, 4) is 5.75 Å². The second-order valence-electron chi connectivity index (χ2n) is 4.71. The van der Waals surface area contributed by atoms with Crippen LogP contribution in [0.4, 0.5) is 0 Å². The molecule has 0 saturated heterocycles. The summed E-state index contributed by atoms with van der Waals surface area (Å²) in [6.07, 6.45) is 0. The minimum atomic E-state index is -3.66. The van der Waals surface area contributed by atoms with Gasteiger partial charge in [-0.25, -0.2) is 13.6 Å². The van der Waals surface area contributed by atoms with Gasteiger partial charge in [0.25, 0.3) is 0 Å². The first-order valence-electron chi connectivity index (χ1n) is 6.34. The van der Waals surface area contributed by atoms with Gasteiger partial charge in [-0.05, 0) is 36.8 Å². The Morgan fingerprint density at radius 3 is 2.43 bits per heavy atom. The highest BCUT2D eigenvalue weighted by molar-refractivity contribution is 7.89. The van der Waals surface area contributed by atoms with Crippen molar-refractivity contribution >= 4 is 10.0 Å². The van der Waals surface area contributed by atoms with Crippen molar-refractivity contribution in [2.75, 3.05) is 0 Å². The number of aromatic nitrogens is 1. The summed E-state index contributed by atoms with van der Waals surface area (Å²) in [5.74, 6) is 0.151. The van der Waals surface area contributed by atoms with E-state index in [1.54, 1.807) is 24.3 Å². The maximum atomic E-state index is 11.1. The number of aryl methyl sites for hydroxylation is 1. The van der Waals surface area contributed by atoms with Gasteiger partial charge in [0.1, 0.15) is 5.75 Å². The van der Waals surface area contributed by atoms with Crippen LogP contribution in [0.25, 0.3) is 0 Å². The van der Waals surface area contributed by atoms with Crippen molar-refractivity contribution in [3.05, 3.63) is 53.3 Å². The molecule has 1 heterocycles. The van der Waals surface area contributed by atoms with Gasteiger partial charge in [0.2, 0.25) is 10.0 Å². The van der Waals surface area contributed by atoms with Crippen LogP contribution < -0.4 is 10.5 Å². The smallest absolute Gasteiger partial charge is 0.238 e. The first-order chi connectivity index (χ1) is 9.86. The number of hydrogen-bond acceptors (Lipinski definition) is 5. The molecule has 0 bridgehead atoms. The Bertz CT molecular complexity index is 728. The number of aromatic hydroxyl groups is 1. The fourth-order valence-corrected chi connectivity index (χ4v) is 2.37. The van der Waals surface area contributed by atoms with Crippen molar-refractivity contribution in [2.24, 2.45) is 5.14 Å². The lowest BCUT2D eigenvalue weighted by Gasteiger charge is -2.07. The topological polar surface area (TPSA) is 105 Å². The third kappa shape index (κ3) is 4.25. The van der Waals surface area contributed by atoms with Gasteiger partial charge >= 0.3 is 0 Å². The van der Waals surface area contributed by atoms with Crippen molar-refractivity contribution in [2.45, 2.75) is 24.9 Å². The molecule has 0 fully saturated rings. The normalized spacial score (nSPS) is 11.5. The minimum absolute atomic E-state index is 0.0873. The number of sulfonamides is 1. The van der Waals surface area contributed by atoms with Gasteiger partial charge in [0.05, 0.1) is 10.6 Å². The van der Waals surface area contributed by atoms with Gasteiger partial charge in [-0.2, -0.15) is 0 Å². The Morgan fingerprint density at radius 1 is 1.14 bits per heavy atom. The molecular weight excluding hydrogens is 290 g/mol. The van der Waals surface area contributed by atoms with Crippen molar-refractivity contribution in [1.29, 1.82) is 0 Å². The van der Waals surface area contributed by atoms with Gasteiger partial charge in [-0.1, -0.05) is 12.1 Å². The highest BCUT2D eigenvalue weighted by Crippen LogP contribution is 2.14. The summed E-state index contributed by atoms with van der Waals surface area (Å²) in [5.41, 5.74) is 2.33. The van der Waals surface area contributed by atoms with Crippen molar-refractivity contribution < 1.29 is 13.5 Å². The van der Waals surface area contributed by atoms with E-state index in [0.717, 1.165) is 11.3 Å². The third-order valence-corrected chi connectivity index (χ3v) is 3.89. The predicted octanol–water partition coefficient (Wildman–Crippen LogP) is 1.03. The van der Waals surface area contributed by atoms with Gasteiger partial charge in [-0.15, -0.1) is 0 Å². The summed E-state index contributed by atoms with van der Waals surface area (Å²) >= 11 is 0. The van der Waals surface area contributed by atoms with Crippen LogP contribution in [-0.2, 0) is 23.1 Å². The summed E-state index contributed by atoms with van der Waals surface area (Å²) in [7, 11) is -3.66. The summed E-state index contributed by atoms with van der Waals surface area (Å²) in [4.78, 5) is 4.33. The first-order valence-corrected chi connectivity index (χ1v) is 7.89. The number of pyridine rings is 1. The quantitative estimate of drug-likeness (QED) is 0.765. The molecule has 0 aliphatic heterocycles. The number of benzene rings is 1. The Balaban J connectivity index is 1.96. The molecule has 2 rings (SSSR count). The zero-order valence-corrected chi connectivity index (χ0v) is 12.4. The van der Waals surface area contributed by atoms with E-state index in [4.69, 9.17) is 5.14 Å². The third-order valence-electron chi connectivity index (χ3n) is 2.96. The van der Waals surface area contributed by atoms with E-state index in [-0.39, 0.29) is 10.6 Å². The molecule has 4 N–H and O–H groups in total. The maximum Gasteiger partial charge on any atom is 0.238 e. The molecule has 0 spiro atoms. The molecule has 0 aliphatic carbocycles. The summed E-state index contributed by atoms with van der Waals surface area (Å²) < 4.78 is 22.3. The number of nitrogens with zero attached hydrogens (tertiary/aromatic N) is 1. The Labute approximate surface area is 123 Å². The number of primary sulfonamides is 1. The van der Waals surface area contributed by atoms with E-state index in [1.165, 1.54) is 12.1 Å². The molecule has 1 aromatic carbocycles. The molecule has 21 heavy (non-hydrogen) atoms. The highest BCUT2D eigenvalue weighted by Gasteiger charge is 2.07. The Kier molecular flexibility index (Phi) is 4.56. The van der Waals surface area contributed by atoms with E-state index in [0.29, 0.717) is 18.8 Å². The lowest BCUT2D eigenvalue weighted by molar-refractivity contribution is 0.459. The zero-order valence-electron chi connectivity index (χ0n) is 11.6. The Hall–Kier alpha value is -1.96. The second kappa shape index (κ2) is 6.21. The number of nitrogens with one attached hydrogen (secondary N) is 1. The fourth-order valence-electron chi connectivity index (χ4n) is 1.86. The standard InChI is InChI=1S/C14H17N3O3S/c1-10-2-7-14(18)13(17-10)9-16-8-11-3-5-12(6-4-11)21(15,19)20/h2-7,16,18H,8-9H2,1H3,(H2,15,19,20). The molecule has 0 amide bonds. The fraction of sp³-hybridized carbons (Fsp3) is 0.214. The van der Waals surface area contributed by atoms with Crippen LogP contribution in [0.3, 0.4) is 0 Å². The van der Waals surface area contributed by atoms with Crippen LogP contribution in [0.1, 0.15) is 17.0 Å². The van der Waals surface area contributed by atoms with Crippen LogP contribution in [0.5, 0.6) is 5.75 Å². The maximum absolute atomic E-state index is 11.1. The average molecular weight is 307 g/mol. The lowest BCUT2D eigenvalue weighted by atomic mass is 10.2. The van der Waals surface area contributed by atoms with E-state index in [1.807, 2.05) is 6.92 Å². The number of nitrogens with two attached hydrogens (primary N) is 1. The molecule has 0 radical (unpaired) electrons. The predicted molar refractivity (Wildman–Crippen MR) is 79.0 cm³/mol. The highest BCUT2D eigenvalue weighted by atomic mass is 32.2. The molecule has 7 heteroatoms. The largest absolute Gasteiger partial charge is 0.506 e. The average Bonchev–Trinajstić information content (AvgIpc) is 2.42. The van der Waals surface area contributed by atoms with Crippen LogP contribution in [0, 0.1) is 6.92 Å². The minimum Gasteiger partial charge on any atom is -0.506 e. The van der Waals surface area contributed by atoms with Gasteiger partial charge in [0, 0.05) is 18.8 Å². The molecule has 0 aliphatic rings. The molecule has 2 aromatic rings. The van der Waals surface area contributed by atoms with Gasteiger partial charge in [0.15, 0.2) is 0 Å². The molecular formula is C14H17N3O3S. The molecule has 0 atom stereocenters. The van der Waals surface area contributed by atoms with Crippen molar-refractivity contribution in [1.82, 2.24) is 10.3 Å². The van der Waals surface area contributed by atoms with Crippen LogP contribution in [0.2, 0.25) is 0 Å². The second-order valence-corrected chi connectivity index (χ2v) is 6.27. The van der Waals surface area contributed by atoms with Crippen LogP contribution in [0.15, 0.2) is 41.3 Å². The van der Waals surface area contributed by atoms with Gasteiger partial charge < -0.3 is 10.4 Å². The molecule has 112 valence electrons. The monoisotopic (exact) mass is 307 g/mol. The lowest BCUT2D eigenvalue weighted by Crippen LogP contribution is -2.15. The first kappa shape index (κ1) is 15.4. The molecule has 0 saturated carbocycles. The van der Waals surface area contributed by atoms with Crippen LogP contribution >= 0.6 is 0 Å². The van der Waals surface area contributed by atoms with E-state index in [2.05, 4.69) is 10.3 Å². The zero-order chi connectivity index (χ0) is 15.5. The Morgan fingerprint density at radius 2 is 1.81 bits per heavy atom. The van der Waals surface area contributed by atoms with Crippen molar-refractivity contribution in [3.63, 3.8) is 0 Å². The molecule has 6 nitrogen and oxygen atoms in total. The van der Waals surface area contributed by atoms with E-state index in [9.17, 15) is 13.5 Å². The summed E-state index contributed by atoms with van der Waals surface area (Å²) in [6, 6.07) is 9.67. The number of rotatable bonds is 5. The van der Waals surface area contributed by atoms with Crippen LogP contribution in [-0.4, -0.2) is 18.5 Å². The van der Waals surface area contributed by atoms with Gasteiger partial charge in [-0.3, -0.25) is 4.98 Å². The molecule has 0 unspecified atom stereocenters. The molecule has 1 aromatic heterocycles. The summed E-state index contributed by atoms with van der Waals surface area (Å²) in [6.45, 7) is 2.80.